The van der Waals surface area contributed by atoms with E-state index in [1.807, 2.05) is 6.07 Å². The van der Waals surface area contributed by atoms with Crippen LogP contribution in [0.4, 0.5) is 5.69 Å². The smallest absolute Gasteiger partial charge is 0.253 e. The van der Waals surface area contributed by atoms with E-state index >= 15 is 0 Å². The van der Waals surface area contributed by atoms with Crippen LogP contribution >= 0.6 is 11.6 Å². The van der Waals surface area contributed by atoms with Crippen molar-refractivity contribution in [2.24, 2.45) is 5.92 Å². The summed E-state index contributed by atoms with van der Waals surface area (Å²) in [5, 5.41) is 4.04. The topological polar surface area (TPSA) is 32.3 Å². The normalized spacial score (nSPS) is 17.9. The summed E-state index contributed by atoms with van der Waals surface area (Å²) in [5.41, 5.74) is 1.50. The average Bonchev–Trinajstić information content (AvgIpc) is 2.46. The van der Waals surface area contributed by atoms with Crippen LogP contribution in [0.2, 0.25) is 5.02 Å². The molecule has 4 heteroatoms. The number of rotatable bonds is 4. The molecule has 2 rings (SSSR count). The summed E-state index contributed by atoms with van der Waals surface area (Å²) in [6, 6.07) is 5.38. The van der Waals surface area contributed by atoms with Crippen molar-refractivity contribution in [2.75, 3.05) is 26.0 Å². The van der Waals surface area contributed by atoms with Gasteiger partial charge in [0.05, 0.1) is 10.7 Å². The van der Waals surface area contributed by atoms with Crippen LogP contribution in [0, 0.1) is 5.92 Å². The van der Waals surface area contributed by atoms with E-state index < -0.39 is 0 Å². The molecule has 108 valence electrons. The molecule has 0 heterocycles. The van der Waals surface area contributed by atoms with Gasteiger partial charge in [0, 0.05) is 26.2 Å². The van der Waals surface area contributed by atoms with Crippen LogP contribution < -0.4 is 5.32 Å². The van der Waals surface area contributed by atoms with Gasteiger partial charge in [-0.15, -0.1) is 0 Å². The summed E-state index contributed by atoms with van der Waals surface area (Å²) in [4.78, 5) is 13.5. The van der Waals surface area contributed by atoms with Gasteiger partial charge in [0.25, 0.3) is 5.91 Å². The van der Waals surface area contributed by atoms with Gasteiger partial charge in [0.2, 0.25) is 0 Å². The van der Waals surface area contributed by atoms with Crippen molar-refractivity contribution < 1.29 is 4.79 Å². The Kier molecular flexibility index (Phi) is 5.07. The Morgan fingerprint density at radius 1 is 1.40 bits per heavy atom. The van der Waals surface area contributed by atoms with Gasteiger partial charge < -0.3 is 10.2 Å². The van der Waals surface area contributed by atoms with E-state index in [9.17, 15) is 4.79 Å². The van der Waals surface area contributed by atoms with Crippen molar-refractivity contribution in [1.29, 1.82) is 0 Å². The summed E-state index contributed by atoms with van der Waals surface area (Å²) in [7, 11) is 3.50. The average molecular weight is 293 g/mol. The number of amides is 1. The second-order valence-electron chi connectivity index (χ2n) is 5.43. The zero-order valence-electron chi connectivity index (χ0n) is 12.0. The van der Waals surface area contributed by atoms with Gasteiger partial charge in [-0.2, -0.15) is 0 Å². The van der Waals surface area contributed by atoms with Gasteiger partial charge in [-0.3, -0.25) is 4.79 Å². The van der Waals surface area contributed by atoms with Crippen molar-refractivity contribution in [1.82, 2.24) is 4.90 Å². The molecule has 0 bridgehead atoms. The number of carbonyl (C=O) groups is 1. The van der Waals surface area contributed by atoms with Gasteiger partial charge >= 0.3 is 0 Å². The zero-order chi connectivity index (χ0) is 14.5. The highest BCUT2D eigenvalue weighted by Gasteiger charge is 2.13. The highest BCUT2D eigenvalue weighted by Crippen LogP contribution is 2.25. The zero-order valence-corrected chi connectivity index (χ0v) is 12.8. The van der Waals surface area contributed by atoms with Gasteiger partial charge in [-0.1, -0.05) is 23.8 Å². The molecule has 0 aliphatic heterocycles. The van der Waals surface area contributed by atoms with Crippen LogP contribution in [-0.4, -0.2) is 31.4 Å². The number of hydrogen-bond donors (Lipinski definition) is 1. The van der Waals surface area contributed by atoms with Crippen molar-refractivity contribution in [3.8, 4) is 0 Å². The first-order valence-corrected chi connectivity index (χ1v) is 7.36. The number of halogens is 1. The Bertz CT molecular complexity index is 511. The fraction of sp³-hybridized carbons (Fsp3) is 0.438. The fourth-order valence-electron chi connectivity index (χ4n) is 2.35. The Hall–Kier alpha value is -1.48. The highest BCUT2D eigenvalue weighted by atomic mass is 35.5. The number of allylic oxidation sites excluding steroid dienone is 2. The molecule has 1 aliphatic rings. The van der Waals surface area contributed by atoms with Gasteiger partial charge in [0.1, 0.15) is 0 Å². The molecule has 3 nitrogen and oxygen atoms in total. The molecule has 0 fully saturated rings. The molecule has 20 heavy (non-hydrogen) atoms. The molecular formula is C16H21ClN2O. The molecule has 1 aromatic rings. The third kappa shape index (κ3) is 3.76. The molecule has 0 saturated heterocycles. The first-order valence-electron chi connectivity index (χ1n) is 6.98. The van der Waals surface area contributed by atoms with Crippen LogP contribution in [0.1, 0.15) is 29.6 Å². The van der Waals surface area contributed by atoms with Crippen molar-refractivity contribution in [2.45, 2.75) is 19.3 Å². The minimum absolute atomic E-state index is 0.00897. The molecule has 0 aromatic heterocycles. The number of nitrogens with one attached hydrogen (secondary N) is 1. The predicted molar refractivity (Wildman–Crippen MR) is 84.4 cm³/mol. The molecule has 1 N–H and O–H groups in total. The molecular weight excluding hydrogens is 272 g/mol. The number of anilines is 1. The minimum Gasteiger partial charge on any atom is -0.384 e. The van der Waals surface area contributed by atoms with Crippen LogP contribution in [0.25, 0.3) is 0 Å². The maximum absolute atomic E-state index is 12.0. The molecule has 1 atom stereocenters. The number of carbonyl (C=O) groups excluding carboxylic acids is 1. The van der Waals surface area contributed by atoms with Crippen LogP contribution in [0.15, 0.2) is 30.4 Å². The highest BCUT2D eigenvalue weighted by molar-refractivity contribution is 6.33. The first kappa shape index (κ1) is 14.9. The monoisotopic (exact) mass is 292 g/mol. The Labute approximate surface area is 125 Å². The molecule has 1 amide bonds. The lowest BCUT2D eigenvalue weighted by Crippen LogP contribution is -2.22. The molecule has 1 aliphatic carbocycles. The Balaban J connectivity index is 2.04. The third-order valence-corrected chi connectivity index (χ3v) is 3.91. The molecule has 0 radical (unpaired) electrons. The number of nitrogens with zero attached hydrogens (tertiary/aromatic N) is 1. The maximum atomic E-state index is 12.0. The minimum atomic E-state index is -0.00897. The summed E-state index contributed by atoms with van der Waals surface area (Å²) < 4.78 is 0. The quantitative estimate of drug-likeness (QED) is 0.856. The van der Waals surface area contributed by atoms with Crippen LogP contribution in [0.5, 0.6) is 0 Å². The third-order valence-electron chi connectivity index (χ3n) is 3.58. The summed E-state index contributed by atoms with van der Waals surface area (Å²) in [5.74, 6) is 0.634. The number of hydrogen-bond acceptors (Lipinski definition) is 2. The van der Waals surface area contributed by atoms with Crippen LogP contribution in [-0.2, 0) is 0 Å². The second-order valence-corrected chi connectivity index (χ2v) is 5.83. The van der Waals surface area contributed by atoms with E-state index in [0.717, 1.165) is 25.1 Å². The first-order chi connectivity index (χ1) is 9.58. The lowest BCUT2D eigenvalue weighted by Gasteiger charge is -2.20. The summed E-state index contributed by atoms with van der Waals surface area (Å²) >= 11 is 6.20. The van der Waals surface area contributed by atoms with E-state index in [1.165, 1.54) is 6.42 Å². The lowest BCUT2D eigenvalue weighted by molar-refractivity contribution is 0.0827. The van der Waals surface area contributed by atoms with Gasteiger partial charge in [0.15, 0.2) is 0 Å². The Morgan fingerprint density at radius 3 is 2.85 bits per heavy atom. The van der Waals surface area contributed by atoms with E-state index in [-0.39, 0.29) is 5.91 Å². The van der Waals surface area contributed by atoms with Crippen molar-refractivity contribution >= 4 is 23.2 Å². The maximum Gasteiger partial charge on any atom is 0.253 e. The van der Waals surface area contributed by atoms with Crippen molar-refractivity contribution in [3.63, 3.8) is 0 Å². The Morgan fingerprint density at radius 2 is 2.20 bits per heavy atom. The molecule has 1 unspecified atom stereocenters. The van der Waals surface area contributed by atoms with E-state index in [1.54, 1.807) is 31.1 Å². The predicted octanol–water partition coefficient (Wildman–Crippen LogP) is 3.81. The SMILES string of the molecule is CN(C)C(=O)c1ccc(Cl)c(NCC2CC=CCC2)c1. The van der Waals surface area contributed by atoms with E-state index in [4.69, 9.17) is 11.6 Å². The van der Waals surface area contributed by atoms with E-state index in [0.29, 0.717) is 16.5 Å². The fourth-order valence-corrected chi connectivity index (χ4v) is 2.53. The molecule has 1 aromatic carbocycles. The summed E-state index contributed by atoms with van der Waals surface area (Å²) in [6.07, 6.45) is 7.95. The molecule has 0 saturated carbocycles. The van der Waals surface area contributed by atoms with Gasteiger partial charge in [-0.25, -0.2) is 0 Å². The summed E-state index contributed by atoms with van der Waals surface area (Å²) in [6.45, 7) is 0.893. The largest absolute Gasteiger partial charge is 0.384 e. The van der Waals surface area contributed by atoms with Crippen LogP contribution in [0.3, 0.4) is 0 Å². The second kappa shape index (κ2) is 6.80. The van der Waals surface area contributed by atoms with Crippen molar-refractivity contribution in [3.05, 3.63) is 40.9 Å². The van der Waals surface area contributed by atoms with E-state index in [2.05, 4.69) is 17.5 Å². The standard InChI is InChI=1S/C16H21ClN2O/c1-19(2)16(20)13-8-9-14(17)15(10-13)18-11-12-6-4-3-5-7-12/h3-4,8-10,12,18H,5-7,11H2,1-2H3. The molecule has 0 spiro atoms. The lowest BCUT2D eigenvalue weighted by atomic mass is 9.94. The number of benzene rings is 1. The van der Waals surface area contributed by atoms with Gasteiger partial charge in [-0.05, 0) is 43.4 Å².